The van der Waals surface area contributed by atoms with Crippen molar-refractivity contribution in [1.29, 1.82) is 0 Å². The van der Waals surface area contributed by atoms with Crippen molar-refractivity contribution < 1.29 is 40.6 Å². The molecule has 1 rings (SSSR count). The molecule has 0 fully saturated rings. The molecule has 0 amide bonds. The highest BCUT2D eigenvalue weighted by atomic mass is 19.4. The van der Waals surface area contributed by atoms with Crippen LogP contribution in [0.25, 0.3) is 0 Å². The van der Waals surface area contributed by atoms with E-state index in [0.29, 0.717) is 0 Å². The third kappa shape index (κ3) is 3.45. The highest BCUT2D eigenvalue weighted by molar-refractivity contribution is 5.30. The number of aromatic nitrogens is 1. The molecule has 10 heteroatoms. The Morgan fingerprint density at radius 2 is 1.72 bits per heavy atom. The Hall–Kier alpha value is -1.58. The summed E-state index contributed by atoms with van der Waals surface area (Å²) in [5, 5.41) is 8.52. The summed E-state index contributed by atoms with van der Waals surface area (Å²) >= 11 is 0. The fraction of sp³-hybridized carbons (Fsp3) is 0.375. The average molecular weight is 279 g/mol. The molecular formula is C8H4F7NO2. The Labute approximate surface area is 94.8 Å². The van der Waals surface area contributed by atoms with Gasteiger partial charge in [-0.3, -0.25) is 0 Å². The van der Waals surface area contributed by atoms with Crippen LogP contribution in [0.15, 0.2) is 6.07 Å². The van der Waals surface area contributed by atoms with E-state index < -0.39 is 42.1 Å². The van der Waals surface area contributed by atoms with Gasteiger partial charge in [0.25, 0.3) is 0 Å². The zero-order valence-corrected chi connectivity index (χ0v) is 8.23. The molecule has 0 atom stereocenters. The van der Waals surface area contributed by atoms with Gasteiger partial charge in [0.15, 0.2) is 11.6 Å². The third-order valence-electron chi connectivity index (χ3n) is 1.66. The lowest BCUT2D eigenvalue weighted by Crippen LogP contribution is -2.20. The van der Waals surface area contributed by atoms with E-state index in [1.165, 1.54) is 0 Å². The average Bonchev–Trinajstić information content (AvgIpc) is 2.17. The zero-order chi connectivity index (χ0) is 14.1. The molecule has 102 valence electrons. The van der Waals surface area contributed by atoms with Crippen LogP contribution in [0.1, 0.15) is 11.4 Å². The van der Waals surface area contributed by atoms with Crippen LogP contribution < -0.4 is 4.74 Å². The van der Waals surface area contributed by atoms with Crippen molar-refractivity contribution in [1.82, 2.24) is 4.98 Å². The zero-order valence-electron chi connectivity index (χ0n) is 8.23. The molecule has 1 aromatic rings. The Morgan fingerprint density at radius 1 is 1.17 bits per heavy atom. The van der Waals surface area contributed by atoms with Crippen LogP contribution in [0.4, 0.5) is 30.7 Å². The van der Waals surface area contributed by atoms with Gasteiger partial charge in [0.05, 0.1) is 6.61 Å². The summed E-state index contributed by atoms with van der Waals surface area (Å²) in [5.41, 5.74) is -2.99. The number of rotatable bonds is 2. The summed E-state index contributed by atoms with van der Waals surface area (Å²) in [7, 11) is 0. The number of aliphatic hydroxyl groups is 1. The maximum atomic E-state index is 13.2. The van der Waals surface area contributed by atoms with E-state index in [0.717, 1.165) is 0 Å². The van der Waals surface area contributed by atoms with E-state index in [1.54, 1.807) is 0 Å². The van der Waals surface area contributed by atoms with Crippen molar-refractivity contribution in [2.45, 2.75) is 19.1 Å². The van der Waals surface area contributed by atoms with Crippen molar-refractivity contribution in [2.75, 3.05) is 0 Å². The maximum Gasteiger partial charge on any atom is 0.573 e. The molecule has 0 radical (unpaired) electrons. The lowest BCUT2D eigenvalue weighted by molar-refractivity contribution is -0.275. The van der Waals surface area contributed by atoms with E-state index >= 15 is 0 Å². The minimum atomic E-state index is -5.36. The third-order valence-corrected chi connectivity index (χ3v) is 1.66. The summed E-state index contributed by atoms with van der Waals surface area (Å²) in [5.74, 6) is -3.50. The number of pyridine rings is 1. The van der Waals surface area contributed by atoms with Gasteiger partial charge in [-0.15, -0.1) is 13.2 Å². The summed E-state index contributed by atoms with van der Waals surface area (Å²) in [6, 6.07) is -0.234. The molecule has 18 heavy (non-hydrogen) atoms. The summed E-state index contributed by atoms with van der Waals surface area (Å²) < 4.78 is 88.5. The van der Waals surface area contributed by atoms with Crippen LogP contribution >= 0.6 is 0 Å². The van der Waals surface area contributed by atoms with Crippen LogP contribution in [0, 0.1) is 5.82 Å². The van der Waals surface area contributed by atoms with Gasteiger partial charge in [-0.05, 0) is 0 Å². The number of alkyl halides is 6. The van der Waals surface area contributed by atoms with Gasteiger partial charge in [0.1, 0.15) is 11.4 Å². The van der Waals surface area contributed by atoms with Gasteiger partial charge in [0.2, 0.25) is 0 Å². The van der Waals surface area contributed by atoms with E-state index in [1.807, 2.05) is 0 Å². The first-order valence-electron chi connectivity index (χ1n) is 4.18. The van der Waals surface area contributed by atoms with Crippen LogP contribution in [0.5, 0.6) is 5.75 Å². The highest BCUT2D eigenvalue weighted by Crippen LogP contribution is 2.34. The van der Waals surface area contributed by atoms with Gasteiger partial charge in [-0.25, -0.2) is 9.37 Å². The Kier molecular flexibility index (Phi) is 3.70. The van der Waals surface area contributed by atoms with Crippen molar-refractivity contribution in [3.63, 3.8) is 0 Å². The lowest BCUT2D eigenvalue weighted by atomic mass is 10.2. The number of ether oxygens (including phenoxy) is 1. The smallest absolute Gasteiger partial charge is 0.402 e. The van der Waals surface area contributed by atoms with Gasteiger partial charge in [-0.1, -0.05) is 0 Å². The fourth-order valence-corrected chi connectivity index (χ4v) is 1.01. The minimum absolute atomic E-state index is 0.234. The van der Waals surface area contributed by atoms with E-state index in [2.05, 4.69) is 9.72 Å². The number of halogens is 7. The Balaban J connectivity index is 3.32. The molecule has 3 nitrogen and oxygen atoms in total. The topological polar surface area (TPSA) is 42.4 Å². The van der Waals surface area contributed by atoms with Gasteiger partial charge >= 0.3 is 12.5 Å². The second kappa shape index (κ2) is 4.59. The minimum Gasteiger partial charge on any atom is -0.402 e. The molecule has 0 aliphatic carbocycles. The Morgan fingerprint density at radius 3 is 2.11 bits per heavy atom. The summed E-state index contributed by atoms with van der Waals surface area (Å²) in [6.07, 6.45) is -10.5. The van der Waals surface area contributed by atoms with E-state index in [9.17, 15) is 30.7 Å². The molecule has 1 N–H and O–H groups in total. The van der Waals surface area contributed by atoms with Crippen molar-refractivity contribution >= 4 is 0 Å². The maximum absolute atomic E-state index is 13.2. The fourth-order valence-electron chi connectivity index (χ4n) is 1.01. The molecule has 0 saturated carbocycles. The summed E-state index contributed by atoms with van der Waals surface area (Å²) in [4.78, 5) is 2.66. The molecule has 1 aromatic heterocycles. The first-order valence-corrected chi connectivity index (χ1v) is 4.18. The predicted molar refractivity (Wildman–Crippen MR) is 41.8 cm³/mol. The van der Waals surface area contributed by atoms with Crippen LogP contribution in [0.3, 0.4) is 0 Å². The summed E-state index contributed by atoms with van der Waals surface area (Å²) in [6.45, 7) is -1.30. The molecule has 0 aliphatic rings. The van der Waals surface area contributed by atoms with Crippen LogP contribution in [-0.2, 0) is 12.8 Å². The second-order valence-electron chi connectivity index (χ2n) is 2.97. The number of aliphatic hydroxyl groups excluding tert-OH is 1. The second-order valence-corrected chi connectivity index (χ2v) is 2.97. The first kappa shape index (κ1) is 14.5. The first-order chi connectivity index (χ1) is 8.04. The van der Waals surface area contributed by atoms with Gasteiger partial charge < -0.3 is 9.84 Å². The van der Waals surface area contributed by atoms with E-state index in [-0.39, 0.29) is 6.07 Å². The molecule has 0 bridgehead atoms. The molecule has 0 spiro atoms. The quantitative estimate of drug-likeness (QED) is 0.846. The van der Waals surface area contributed by atoms with Crippen LogP contribution in [0.2, 0.25) is 0 Å². The van der Waals surface area contributed by atoms with Crippen LogP contribution in [-0.4, -0.2) is 16.5 Å². The van der Waals surface area contributed by atoms with Crippen molar-refractivity contribution in [3.8, 4) is 5.75 Å². The highest BCUT2D eigenvalue weighted by Gasteiger charge is 2.38. The molecular weight excluding hydrogens is 275 g/mol. The predicted octanol–water partition coefficient (Wildman–Crippen LogP) is 2.63. The monoisotopic (exact) mass is 279 g/mol. The number of nitrogens with zero attached hydrogens (tertiary/aromatic N) is 1. The molecule has 1 heterocycles. The lowest BCUT2D eigenvalue weighted by Gasteiger charge is -2.14. The molecule has 0 aliphatic heterocycles. The van der Waals surface area contributed by atoms with Crippen molar-refractivity contribution in [2.24, 2.45) is 0 Å². The SMILES string of the molecule is OCc1nc(C(F)(F)F)cc(OC(F)(F)F)c1F. The number of hydrogen-bond acceptors (Lipinski definition) is 3. The van der Waals surface area contributed by atoms with Gasteiger partial charge in [-0.2, -0.15) is 13.2 Å². The normalized spacial score (nSPS) is 12.7. The standard InChI is InChI=1S/C8H4F7NO2/c9-6-3(2-17)16-5(7(10,11)12)1-4(6)18-8(13,14)15/h1,17H,2H2. The molecule has 0 aromatic carbocycles. The van der Waals surface area contributed by atoms with Crippen molar-refractivity contribution in [3.05, 3.63) is 23.3 Å². The molecule has 0 unspecified atom stereocenters. The largest absolute Gasteiger partial charge is 0.573 e. The number of hydrogen-bond donors (Lipinski definition) is 1. The molecule has 0 saturated heterocycles. The van der Waals surface area contributed by atoms with E-state index in [4.69, 9.17) is 5.11 Å². The van der Waals surface area contributed by atoms with Gasteiger partial charge in [0, 0.05) is 6.07 Å². The Bertz CT molecular complexity index is 440.